The van der Waals surface area contributed by atoms with Gasteiger partial charge in [-0.1, -0.05) is 108 Å². The Balaban J connectivity index is 1.36. The van der Waals surface area contributed by atoms with Gasteiger partial charge >= 0.3 is 0 Å². The molecule has 0 aliphatic carbocycles. The van der Waals surface area contributed by atoms with E-state index < -0.39 is 0 Å². The SMILES string of the molecule is CN(Cc1ccccc1)c1ccc(-c2ccc(-n3c4ccc(C(C)(C)C)cc4c4cc(C(C)(C)C)ccc43)cc2)cc1. The van der Waals surface area contributed by atoms with Crippen LogP contribution in [-0.2, 0) is 17.4 Å². The number of fused-ring (bicyclic) bond motifs is 3. The lowest BCUT2D eigenvalue weighted by atomic mass is 9.85. The van der Waals surface area contributed by atoms with Gasteiger partial charge in [-0.15, -0.1) is 0 Å². The number of hydrogen-bond acceptors (Lipinski definition) is 1. The maximum absolute atomic E-state index is 2.43. The van der Waals surface area contributed by atoms with Gasteiger partial charge in [-0.25, -0.2) is 0 Å². The van der Waals surface area contributed by atoms with Crippen LogP contribution >= 0.6 is 0 Å². The minimum Gasteiger partial charge on any atom is -0.370 e. The van der Waals surface area contributed by atoms with Gasteiger partial charge < -0.3 is 9.47 Å². The molecule has 0 atom stereocenters. The molecule has 0 unspecified atom stereocenters. The number of benzene rings is 5. The molecule has 6 aromatic rings. The summed E-state index contributed by atoms with van der Waals surface area (Å²) in [5, 5.41) is 2.64. The fourth-order valence-electron chi connectivity index (χ4n) is 5.89. The van der Waals surface area contributed by atoms with E-state index in [2.05, 4.69) is 173 Å². The van der Waals surface area contributed by atoms with Crippen molar-refractivity contribution in [3.63, 3.8) is 0 Å². The summed E-state index contributed by atoms with van der Waals surface area (Å²) in [6.45, 7) is 14.6. The Morgan fingerprint density at radius 1 is 0.548 bits per heavy atom. The number of anilines is 1. The van der Waals surface area contributed by atoms with E-state index in [0.29, 0.717) is 0 Å². The molecule has 5 aromatic carbocycles. The van der Waals surface area contributed by atoms with Crippen LogP contribution in [0.4, 0.5) is 5.69 Å². The van der Waals surface area contributed by atoms with Crippen LogP contribution < -0.4 is 4.90 Å². The van der Waals surface area contributed by atoms with Crippen molar-refractivity contribution in [2.75, 3.05) is 11.9 Å². The van der Waals surface area contributed by atoms with E-state index in [1.165, 1.54) is 61.0 Å². The van der Waals surface area contributed by atoms with Crippen molar-refractivity contribution in [1.29, 1.82) is 0 Å². The van der Waals surface area contributed by atoms with Crippen molar-refractivity contribution in [2.45, 2.75) is 58.9 Å². The number of hydrogen-bond donors (Lipinski definition) is 0. The van der Waals surface area contributed by atoms with Crippen molar-refractivity contribution >= 4 is 27.5 Å². The molecule has 0 radical (unpaired) electrons. The predicted octanol–water partition coefficient (Wildman–Crippen LogP) is 10.7. The van der Waals surface area contributed by atoms with Crippen LogP contribution in [0.5, 0.6) is 0 Å². The Bertz CT molecular complexity index is 1770. The summed E-state index contributed by atoms with van der Waals surface area (Å²) < 4.78 is 2.43. The first-order valence-electron chi connectivity index (χ1n) is 15.0. The Morgan fingerprint density at radius 2 is 1.02 bits per heavy atom. The lowest BCUT2D eigenvalue weighted by Crippen LogP contribution is -2.15. The zero-order chi connectivity index (χ0) is 29.6. The third kappa shape index (κ3) is 5.34. The highest BCUT2D eigenvalue weighted by Crippen LogP contribution is 2.38. The molecule has 0 aliphatic rings. The van der Waals surface area contributed by atoms with Crippen molar-refractivity contribution in [3.05, 3.63) is 132 Å². The van der Waals surface area contributed by atoms with Crippen LogP contribution in [0.3, 0.4) is 0 Å². The van der Waals surface area contributed by atoms with E-state index >= 15 is 0 Å². The molecule has 2 nitrogen and oxygen atoms in total. The summed E-state index contributed by atoms with van der Waals surface area (Å²) in [4.78, 5) is 2.29. The van der Waals surface area contributed by atoms with Crippen molar-refractivity contribution < 1.29 is 0 Å². The predicted molar refractivity (Wildman–Crippen MR) is 182 cm³/mol. The second-order valence-corrected chi connectivity index (χ2v) is 13.7. The van der Waals surface area contributed by atoms with Gasteiger partial charge in [0.15, 0.2) is 0 Å². The molecule has 0 amide bonds. The highest BCUT2D eigenvalue weighted by Gasteiger charge is 2.20. The highest BCUT2D eigenvalue weighted by molar-refractivity contribution is 6.10. The molecule has 1 heterocycles. The zero-order valence-corrected chi connectivity index (χ0v) is 26.1. The smallest absolute Gasteiger partial charge is 0.0541 e. The molecule has 42 heavy (non-hydrogen) atoms. The van der Waals surface area contributed by atoms with Gasteiger partial charge in [0.1, 0.15) is 0 Å². The van der Waals surface area contributed by atoms with Gasteiger partial charge in [0.2, 0.25) is 0 Å². The van der Waals surface area contributed by atoms with E-state index in [9.17, 15) is 0 Å². The molecule has 0 spiro atoms. The Morgan fingerprint density at radius 3 is 1.50 bits per heavy atom. The lowest BCUT2D eigenvalue weighted by Gasteiger charge is -2.20. The minimum absolute atomic E-state index is 0.0950. The molecule has 0 fully saturated rings. The van der Waals surface area contributed by atoms with Gasteiger partial charge in [-0.3, -0.25) is 0 Å². The fraction of sp³-hybridized carbons (Fsp3) is 0.250. The molecule has 0 saturated carbocycles. The molecule has 0 saturated heterocycles. The summed E-state index contributed by atoms with van der Waals surface area (Å²) >= 11 is 0. The van der Waals surface area contributed by atoms with E-state index in [0.717, 1.165) is 6.54 Å². The van der Waals surface area contributed by atoms with Gasteiger partial charge in [0, 0.05) is 35.7 Å². The summed E-state index contributed by atoms with van der Waals surface area (Å²) in [5.74, 6) is 0. The first-order valence-corrected chi connectivity index (χ1v) is 15.0. The lowest BCUT2D eigenvalue weighted by molar-refractivity contribution is 0.590. The highest BCUT2D eigenvalue weighted by atomic mass is 15.1. The van der Waals surface area contributed by atoms with E-state index in [4.69, 9.17) is 0 Å². The standard InChI is InChI=1S/C40H42N2/c1-39(2,3)31-17-23-37-35(25-31)36-26-32(40(4,5)6)18-24-38(36)42(37)34-21-15-30(16-22-34)29-13-19-33(20-14-29)41(7)27-28-11-9-8-10-12-28/h8-26H,27H2,1-7H3. The van der Waals surface area contributed by atoms with Gasteiger partial charge in [-0.2, -0.15) is 0 Å². The van der Waals surface area contributed by atoms with Crippen LogP contribution in [0.1, 0.15) is 58.2 Å². The summed E-state index contributed by atoms with van der Waals surface area (Å²) in [7, 11) is 2.15. The van der Waals surface area contributed by atoms with E-state index in [1.807, 2.05) is 0 Å². The Hall–Kier alpha value is -4.30. The van der Waals surface area contributed by atoms with Crippen molar-refractivity contribution in [2.24, 2.45) is 0 Å². The molecule has 0 N–H and O–H groups in total. The normalized spacial score (nSPS) is 12.3. The molecule has 212 valence electrons. The Kier molecular flexibility index (Phi) is 6.97. The average Bonchev–Trinajstić information content (AvgIpc) is 3.30. The fourth-order valence-corrected chi connectivity index (χ4v) is 5.89. The third-order valence-corrected chi connectivity index (χ3v) is 8.53. The first-order chi connectivity index (χ1) is 20.0. The maximum Gasteiger partial charge on any atom is 0.0541 e. The molecule has 2 heteroatoms. The quantitative estimate of drug-likeness (QED) is 0.207. The Labute approximate surface area is 251 Å². The van der Waals surface area contributed by atoms with Crippen LogP contribution in [0, 0.1) is 0 Å². The van der Waals surface area contributed by atoms with E-state index in [1.54, 1.807) is 0 Å². The van der Waals surface area contributed by atoms with Crippen LogP contribution in [0.25, 0.3) is 38.6 Å². The summed E-state index contributed by atoms with van der Waals surface area (Å²) in [5.41, 5.74) is 11.6. The monoisotopic (exact) mass is 550 g/mol. The van der Waals surface area contributed by atoms with Gasteiger partial charge in [-0.05, 0) is 87.2 Å². The summed E-state index contributed by atoms with van der Waals surface area (Å²) in [6, 6.07) is 42.6. The molecular formula is C40H42N2. The number of rotatable bonds is 5. The third-order valence-electron chi connectivity index (χ3n) is 8.53. The number of nitrogens with zero attached hydrogens (tertiary/aromatic N) is 2. The summed E-state index contributed by atoms with van der Waals surface area (Å²) in [6.07, 6.45) is 0. The topological polar surface area (TPSA) is 8.17 Å². The molecule has 6 rings (SSSR count). The second-order valence-electron chi connectivity index (χ2n) is 13.7. The zero-order valence-electron chi connectivity index (χ0n) is 26.1. The minimum atomic E-state index is 0.0950. The van der Waals surface area contributed by atoms with Crippen LogP contribution in [0.2, 0.25) is 0 Å². The molecule has 1 aromatic heterocycles. The van der Waals surface area contributed by atoms with Crippen LogP contribution in [-0.4, -0.2) is 11.6 Å². The first kappa shape index (κ1) is 27.8. The number of aromatic nitrogens is 1. The molecular weight excluding hydrogens is 508 g/mol. The van der Waals surface area contributed by atoms with E-state index in [-0.39, 0.29) is 10.8 Å². The van der Waals surface area contributed by atoms with Gasteiger partial charge in [0.05, 0.1) is 11.0 Å². The van der Waals surface area contributed by atoms with Crippen molar-refractivity contribution in [3.8, 4) is 16.8 Å². The largest absolute Gasteiger partial charge is 0.370 e. The molecule has 0 aliphatic heterocycles. The maximum atomic E-state index is 2.43. The van der Waals surface area contributed by atoms with Crippen LogP contribution in [0.15, 0.2) is 115 Å². The second kappa shape index (κ2) is 10.5. The van der Waals surface area contributed by atoms with Crippen molar-refractivity contribution in [1.82, 2.24) is 4.57 Å². The average molecular weight is 551 g/mol. The molecule has 0 bridgehead atoms. The van der Waals surface area contributed by atoms with Gasteiger partial charge in [0.25, 0.3) is 0 Å².